The Labute approximate surface area is 271 Å². The first kappa shape index (κ1) is 38.2. The van der Waals surface area contributed by atoms with E-state index in [-0.39, 0.29) is 0 Å². The summed E-state index contributed by atoms with van der Waals surface area (Å²) in [6, 6.07) is 0. The molecule has 10 atom stereocenters. The number of hydrogen-bond acceptors (Lipinski definition) is 7. The van der Waals surface area contributed by atoms with E-state index in [0.717, 1.165) is 77.0 Å². The highest BCUT2D eigenvalue weighted by Gasteiger charge is 2.58. The SMILES string of the molecule is CCCOCCC[C@@H](C)C(CC)CC[C@@H]1C[C@@H](OCCCN)C[C@H]2C1[C@H](OCCCN)CC1C[C@H](OCCCN)CCC12C. The molecule has 3 saturated carbocycles. The largest absolute Gasteiger partial charge is 0.381 e. The Morgan fingerprint density at radius 2 is 1.43 bits per heavy atom. The molecule has 0 heterocycles. The minimum atomic E-state index is 0.315. The maximum atomic E-state index is 6.84. The smallest absolute Gasteiger partial charge is 0.0611 e. The average Bonchev–Trinajstić information content (AvgIpc) is 3.02. The zero-order valence-corrected chi connectivity index (χ0v) is 29.3. The molecule has 7 heteroatoms. The lowest BCUT2D eigenvalue weighted by Crippen LogP contribution is -2.58. The minimum absolute atomic E-state index is 0.315. The van der Waals surface area contributed by atoms with Gasteiger partial charge in [0.15, 0.2) is 0 Å². The van der Waals surface area contributed by atoms with E-state index in [9.17, 15) is 0 Å². The molecule has 0 aliphatic heterocycles. The molecule has 4 unspecified atom stereocenters. The summed E-state index contributed by atoms with van der Waals surface area (Å²) in [5.41, 5.74) is 17.9. The highest BCUT2D eigenvalue weighted by molar-refractivity contribution is 5.07. The third kappa shape index (κ3) is 11.2. The molecule has 0 aromatic rings. The van der Waals surface area contributed by atoms with Crippen LogP contribution in [0.15, 0.2) is 0 Å². The molecule has 0 aromatic heterocycles. The highest BCUT2D eigenvalue weighted by Crippen LogP contribution is 2.62. The van der Waals surface area contributed by atoms with Crippen LogP contribution in [0.1, 0.15) is 124 Å². The first-order valence-corrected chi connectivity index (χ1v) is 18.9. The van der Waals surface area contributed by atoms with Crippen molar-refractivity contribution in [3.63, 3.8) is 0 Å². The Balaban J connectivity index is 1.77. The second-order valence-electron chi connectivity index (χ2n) is 14.9. The molecule has 0 amide bonds. The molecular formula is C37H73N3O4. The summed E-state index contributed by atoms with van der Waals surface area (Å²) in [5.74, 6) is 4.01. The van der Waals surface area contributed by atoms with Gasteiger partial charge in [-0.15, -0.1) is 0 Å². The Bertz CT molecular complexity index is 744. The molecule has 7 nitrogen and oxygen atoms in total. The van der Waals surface area contributed by atoms with Gasteiger partial charge in [-0.25, -0.2) is 0 Å². The van der Waals surface area contributed by atoms with Gasteiger partial charge in [0.25, 0.3) is 0 Å². The second-order valence-corrected chi connectivity index (χ2v) is 14.9. The fourth-order valence-electron chi connectivity index (χ4n) is 9.37. The molecule has 0 saturated heterocycles. The van der Waals surface area contributed by atoms with Crippen molar-refractivity contribution in [1.29, 1.82) is 0 Å². The number of ether oxygens (including phenoxy) is 4. The van der Waals surface area contributed by atoms with Gasteiger partial charge in [0.2, 0.25) is 0 Å². The van der Waals surface area contributed by atoms with Crippen LogP contribution in [0.4, 0.5) is 0 Å². The normalized spacial score (nSPS) is 33.5. The van der Waals surface area contributed by atoms with Crippen molar-refractivity contribution in [3.05, 3.63) is 0 Å². The number of fused-ring (bicyclic) bond motifs is 3. The van der Waals surface area contributed by atoms with Crippen molar-refractivity contribution in [2.24, 2.45) is 58.1 Å². The average molecular weight is 624 g/mol. The van der Waals surface area contributed by atoms with Gasteiger partial charge < -0.3 is 36.1 Å². The third-order valence-corrected chi connectivity index (χ3v) is 12.0. The minimum Gasteiger partial charge on any atom is -0.381 e. The molecule has 3 aliphatic rings. The first-order chi connectivity index (χ1) is 21.4. The van der Waals surface area contributed by atoms with E-state index in [1.54, 1.807) is 0 Å². The predicted molar refractivity (Wildman–Crippen MR) is 183 cm³/mol. The zero-order chi connectivity index (χ0) is 31.8. The van der Waals surface area contributed by atoms with Gasteiger partial charge in [-0.05, 0) is 150 Å². The van der Waals surface area contributed by atoms with Crippen LogP contribution in [-0.2, 0) is 18.9 Å². The van der Waals surface area contributed by atoms with E-state index in [2.05, 4.69) is 27.7 Å². The van der Waals surface area contributed by atoms with Crippen molar-refractivity contribution >= 4 is 0 Å². The Morgan fingerprint density at radius 1 is 0.750 bits per heavy atom. The molecule has 44 heavy (non-hydrogen) atoms. The topological polar surface area (TPSA) is 115 Å². The molecule has 3 fully saturated rings. The zero-order valence-electron chi connectivity index (χ0n) is 29.3. The van der Waals surface area contributed by atoms with Crippen molar-refractivity contribution in [3.8, 4) is 0 Å². The quantitative estimate of drug-likeness (QED) is 0.109. The monoisotopic (exact) mass is 624 g/mol. The van der Waals surface area contributed by atoms with E-state index in [0.29, 0.717) is 67.0 Å². The lowest BCUT2D eigenvalue weighted by Gasteiger charge is -2.61. The summed E-state index contributed by atoms with van der Waals surface area (Å²) in [5, 5.41) is 0. The first-order valence-electron chi connectivity index (χ1n) is 18.9. The summed E-state index contributed by atoms with van der Waals surface area (Å²) in [4.78, 5) is 0. The summed E-state index contributed by atoms with van der Waals surface area (Å²) in [6.45, 7) is 15.9. The van der Waals surface area contributed by atoms with E-state index < -0.39 is 0 Å². The molecule has 0 aromatic carbocycles. The predicted octanol–water partition coefficient (Wildman–Crippen LogP) is 6.69. The van der Waals surface area contributed by atoms with Crippen LogP contribution in [0.5, 0.6) is 0 Å². The standard InChI is InChI=1S/C37H73N3O4/c1-5-19-41-20-7-11-28(3)29(6-2)12-13-30-24-33(43-22-9-17-39)27-34-36(30)35(44-23-10-18-40)26-31-25-32(42-21-8-16-38)14-15-37(31,34)4/h28-36H,5-27,38-40H2,1-4H3/t28-,29?,30-,31?,32-,33-,34+,35-,36?,37?/m1/s1. The fraction of sp³-hybridized carbons (Fsp3) is 1.00. The molecule has 0 bridgehead atoms. The van der Waals surface area contributed by atoms with Crippen molar-refractivity contribution in [2.45, 2.75) is 142 Å². The Morgan fingerprint density at radius 3 is 2.09 bits per heavy atom. The molecular weight excluding hydrogens is 550 g/mol. The van der Waals surface area contributed by atoms with E-state index in [1.165, 1.54) is 64.2 Å². The molecule has 3 aliphatic carbocycles. The van der Waals surface area contributed by atoms with Gasteiger partial charge in [-0.2, -0.15) is 0 Å². The molecule has 3 rings (SSSR count). The lowest BCUT2D eigenvalue weighted by molar-refractivity contribution is -0.190. The van der Waals surface area contributed by atoms with E-state index >= 15 is 0 Å². The van der Waals surface area contributed by atoms with Crippen LogP contribution in [0.2, 0.25) is 0 Å². The number of rotatable bonds is 23. The fourth-order valence-corrected chi connectivity index (χ4v) is 9.37. The van der Waals surface area contributed by atoms with Crippen LogP contribution < -0.4 is 17.2 Å². The van der Waals surface area contributed by atoms with Crippen molar-refractivity contribution < 1.29 is 18.9 Å². The van der Waals surface area contributed by atoms with Crippen molar-refractivity contribution in [1.82, 2.24) is 0 Å². The van der Waals surface area contributed by atoms with Crippen LogP contribution in [0, 0.1) is 40.9 Å². The number of nitrogens with two attached hydrogens (primary N) is 3. The summed E-state index contributed by atoms with van der Waals surface area (Å²) in [7, 11) is 0. The molecule has 0 spiro atoms. The van der Waals surface area contributed by atoms with Gasteiger partial charge in [-0.1, -0.05) is 34.1 Å². The van der Waals surface area contributed by atoms with Crippen LogP contribution in [-0.4, -0.2) is 71.0 Å². The van der Waals surface area contributed by atoms with Gasteiger partial charge in [0, 0.05) is 33.0 Å². The Kier molecular flexibility index (Phi) is 18.1. The molecule has 260 valence electrons. The number of hydrogen-bond donors (Lipinski definition) is 3. The van der Waals surface area contributed by atoms with Gasteiger partial charge in [0.05, 0.1) is 18.3 Å². The van der Waals surface area contributed by atoms with Crippen LogP contribution in [0.3, 0.4) is 0 Å². The maximum Gasteiger partial charge on any atom is 0.0611 e. The molecule has 0 radical (unpaired) electrons. The van der Waals surface area contributed by atoms with Gasteiger partial charge >= 0.3 is 0 Å². The summed E-state index contributed by atoms with van der Waals surface area (Å²) < 4.78 is 25.6. The van der Waals surface area contributed by atoms with E-state index in [1.807, 2.05) is 0 Å². The highest BCUT2D eigenvalue weighted by atomic mass is 16.5. The van der Waals surface area contributed by atoms with Crippen LogP contribution in [0.25, 0.3) is 0 Å². The third-order valence-electron chi connectivity index (χ3n) is 12.0. The van der Waals surface area contributed by atoms with Crippen molar-refractivity contribution in [2.75, 3.05) is 52.7 Å². The molecule has 6 N–H and O–H groups in total. The van der Waals surface area contributed by atoms with Gasteiger partial charge in [0.1, 0.15) is 0 Å². The lowest BCUT2D eigenvalue weighted by atomic mass is 9.46. The second kappa shape index (κ2) is 20.8. The summed E-state index contributed by atoms with van der Waals surface area (Å²) >= 11 is 0. The Hall–Kier alpha value is -0.280. The van der Waals surface area contributed by atoms with Crippen LogP contribution >= 0.6 is 0 Å². The van der Waals surface area contributed by atoms with Gasteiger partial charge in [-0.3, -0.25) is 0 Å². The maximum absolute atomic E-state index is 6.84. The van der Waals surface area contributed by atoms with E-state index in [4.69, 9.17) is 36.1 Å². The summed E-state index contributed by atoms with van der Waals surface area (Å²) in [6.07, 6.45) is 18.3.